The van der Waals surface area contributed by atoms with E-state index in [1.807, 2.05) is 0 Å². The summed E-state index contributed by atoms with van der Waals surface area (Å²) in [5.41, 5.74) is 0.214. The van der Waals surface area contributed by atoms with Crippen molar-refractivity contribution in [1.29, 1.82) is 0 Å². The Balaban J connectivity index is 2.39. The van der Waals surface area contributed by atoms with E-state index in [1.54, 1.807) is 18.3 Å². The second-order valence-corrected chi connectivity index (χ2v) is 5.51. The quantitative estimate of drug-likeness (QED) is 0.608. The van der Waals surface area contributed by atoms with Crippen LogP contribution in [0.3, 0.4) is 0 Å². The fourth-order valence-electron chi connectivity index (χ4n) is 2.27. The standard InChI is InChI=1S/C15H11BrN2O4/c16-12-7-18(8-1-3-9(19)4-2-8)15(21)14-11(12)5-10(20)6-13(14)22-17/h1-7,19-20H,17H2. The average Bonchev–Trinajstić information content (AvgIpc) is 2.51. The number of pyridine rings is 1. The summed E-state index contributed by atoms with van der Waals surface area (Å²) in [4.78, 5) is 17.4. The van der Waals surface area contributed by atoms with Crippen LogP contribution in [0.5, 0.6) is 17.2 Å². The van der Waals surface area contributed by atoms with E-state index in [9.17, 15) is 15.0 Å². The SMILES string of the molecule is NOc1cc(O)cc2c(Br)cn(-c3ccc(O)cc3)c(=O)c12. The van der Waals surface area contributed by atoms with Crippen molar-refractivity contribution in [3.8, 4) is 22.9 Å². The zero-order valence-electron chi connectivity index (χ0n) is 11.2. The predicted octanol–water partition coefficient (Wildman–Crippen LogP) is 2.42. The van der Waals surface area contributed by atoms with Crippen LogP contribution >= 0.6 is 15.9 Å². The van der Waals surface area contributed by atoms with E-state index >= 15 is 0 Å². The average molecular weight is 363 g/mol. The van der Waals surface area contributed by atoms with Gasteiger partial charge in [0.2, 0.25) is 0 Å². The summed E-state index contributed by atoms with van der Waals surface area (Å²) in [6.45, 7) is 0. The van der Waals surface area contributed by atoms with Gasteiger partial charge in [-0.15, -0.1) is 0 Å². The number of hydrogen-bond donors (Lipinski definition) is 3. The molecule has 6 nitrogen and oxygen atoms in total. The van der Waals surface area contributed by atoms with E-state index in [2.05, 4.69) is 15.9 Å². The van der Waals surface area contributed by atoms with Gasteiger partial charge in [-0.05, 0) is 46.3 Å². The summed E-state index contributed by atoms with van der Waals surface area (Å²) >= 11 is 3.37. The molecule has 0 aliphatic carbocycles. The Morgan fingerprint density at radius 2 is 1.77 bits per heavy atom. The van der Waals surface area contributed by atoms with Crippen molar-refractivity contribution < 1.29 is 15.1 Å². The Morgan fingerprint density at radius 3 is 2.41 bits per heavy atom. The predicted molar refractivity (Wildman–Crippen MR) is 85.4 cm³/mol. The molecule has 0 radical (unpaired) electrons. The van der Waals surface area contributed by atoms with E-state index in [4.69, 9.17) is 10.7 Å². The van der Waals surface area contributed by atoms with Crippen molar-refractivity contribution in [3.63, 3.8) is 0 Å². The van der Waals surface area contributed by atoms with Crippen LogP contribution in [-0.2, 0) is 0 Å². The molecule has 0 saturated heterocycles. The normalized spacial score (nSPS) is 10.8. The molecule has 2 aromatic carbocycles. The Kier molecular flexibility index (Phi) is 3.51. The number of fused-ring (bicyclic) bond motifs is 1. The lowest BCUT2D eigenvalue weighted by atomic mass is 10.1. The first-order valence-corrected chi connectivity index (χ1v) is 7.04. The molecule has 0 amide bonds. The highest BCUT2D eigenvalue weighted by molar-refractivity contribution is 9.10. The van der Waals surface area contributed by atoms with Crippen LogP contribution in [0.2, 0.25) is 0 Å². The van der Waals surface area contributed by atoms with Gasteiger partial charge in [-0.3, -0.25) is 9.36 Å². The van der Waals surface area contributed by atoms with E-state index in [0.717, 1.165) is 0 Å². The van der Waals surface area contributed by atoms with Gasteiger partial charge in [-0.1, -0.05) is 0 Å². The molecule has 0 unspecified atom stereocenters. The van der Waals surface area contributed by atoms with Gasteiger partial charge in [-0.2, -0.15) is 5.90 Å². The van der Waals surface area contributed by atoms with Gasteiger partial charge < -0.3 is 15.1 Å². The number of halogens is 1. The summed E-state index contributed by atoms with van der Waals surface area (Å²) in [5, 5.41) is 19.8. The molecule has 0 saturated carbocycles. The first-order chi connectivity index (χ1) is 10.5. The van der Waals surface area contributed by atoms with Gasteiger partial charge in [0.15, 0.2) is 5.75 Å². The number of nitrogens with two attached hydrogens (primary N) is 1. The van der Waals surface area contributed by atoms with Gasteiger partial charge in [0.25, 0.3) is 5.56 Å². The molecule has 1 aromatic heterocycles. The fourth-order valence-corrected chi connectivity index (χ4v) is 2.79. The highest BCUT2D eigenvalue weighted by Crippen LogP contribution is 2.32. The van der Waals surface area contributed by atoms with Crippen molar-refractivity contribution in [3.05, 3.63) is 57.4 Å². The van der Waals surface area contributed by atoms with Crippen LogP contribution in [0.1, 0.15) is 0 Å². The molecule has 22 heavy (non-hydrogen) atoms. The molecule has 0 aliphatic rings. The van der Waals surface area contributed by atoms with E-state index in [-0.39, 0.29) is 28.2 Å². The minimum Gasteiger partial charge on any atom is -0.508 e. The first-order valence-electron chi connectivity index (χ1n) is 6.25. The molecule has 0 aliphatic heterocycles. The molecule has 4 N–H and O–H groups in total. The minimum atomic E-state index is -0.357. The van der Waals surface area contributed by atoms with Gasteiger partial charge in [0.1, 0.15) is 11.5 Å². The minimum absolute atomic E-state index is 0.0598. The summed E-state index contributed by atoms with van der Waals surface area (Å²) < 4.78 is 1.98. The monoisotopic (exact) mass is 362 g/mol. The molecule has 0 atom stereocenters. The zero-order chi connectivity index (χ0) is 15.9. The molecule has 7 heteroatoms. The number of benzene rings is 2. The molecule has 0 spiro atoms. The Labute approximate surface area is 133 Å². The van der Waals surface area contributed by atoms with Gasteiger partial charge >= 0.3 is 0 Å². The van der Waals surface area contributed by atoms with Crippen LogP contribution in [0.15, 0.2) is 51.9 Å². The van der Waals surface area contributed by atoms with Gasteiger partial charge in [0, 0.05) is 27.8 Å². The molecular formula is C15H11BrN2O4. The topological polar surface area (TPSA) is 97.7 Å². The van der Waals surface area contributed by atoms with E-state index in [0.29, 0.717) is 15.5 Å². The highest BCUT2D eigenvalue weighted by atomic mass is 79.9. The number of hydrogen-bond acceptors (Lipinski definition) is 5. The maximum absolute atomic E-state index is 12.7. The maximum Gasteiger partial charge on any atom is 0.266 e. The van der Waals surface area contributed by atoms with E-state index in [1.165, 1.54) is 28.8 Å². The lowest BCUT2D eigenvalue weighted by Crippen LogP contribution is -2.19. The van der Waals surface area contributed by atoms with Crippen LogP contribution in [-0.4, -0.2) is 14.8 Å². The number of rotatable bonds is 2. The molecular weight excluding hydrogens is 352 g/mol. The van der Waals surface area contributed by atoms with Crippen molar-refractivity contribution >= 4 is 26.7 Å². The van der Waals surface area contributed by atoms with Crippen LogP contribution in [0.25, 0.3) is 16.5 Å². The second kappa shape index (κ2) is 5.36. The van der Waals surface area contributed by atoms with Crippen LogP contribution in [0, 0.1) is 0 Å². The number of aromatic hydroxyl groups is 2. The molecule has 1 heterocycles. The lowest BCUT2D eigenvalue weighted by molar-refractivity contribution is 0.336. The van der Waals surface area contributed by atoms with E-state index < -0.39 is 0 Å². The smallest absolute Gasteiger partial charge is 0.266 e. The number of aromatic nitrogens is 1. The largest absolute Gasteiger partial charge is 0.508 e. The summed E-state index contributed by atoms with van der Waals surface area (Å²) in [7, 11) is 0. The van der Waals surface area contributed by atoms with Crippen LogP contribution < -0.4 is 16.3 Å². The van der Waals surface area contributed by atoms with Crippen molar-refractivity contribution in [2.75, 3.05) is 0 Å². The number of nitrogens with zero attached hydrogens (tertiary/aromatic N) is 1. The van der Waals surface area contributed by atoms with Crippen LogP contribution in [0.4, 0.5) is 0 Å². The summed E-state index contributed by atoms with van der Waals surface area (Å²) in [6, 6.07) is 8.91. The number of phenols is 2. The van der Waals surface area contributed by atoms with Crippen molar-refractivity contribution in [2.45, 2.75) is 0 Å². The molecule has 0 bridgehead atoms. The van der Waals surface area contributed by atoms with Crippen molar-refractivity contribution in [2.24, 2.45) is 5.90 Å². The number of phenolic OH excluding ortho intramolecular Hbond substituents is 2. The summed E-state index contributed by atoms with van der Waals surface area (Å²) in [5.74, 6) is 5.33. The maximum atomic E-state index is 12.7. The third kappa shape index (κ3) is 2.30. The molecule has 0 fully saturated rings. The Morgan fingerprint density at radius 1 is 1.09 bits per heavy atom. The fraction of sp³-hybridized carbons (Fsp3) is 0. The van der Waals surface area contributed by atoms with Gasteiger partial charge in [0.05, 0.1) is 5.39 Å². The molecule has 3 rings (SSSR count). The van der Waals surface area contributed by atoms with Crippen molar-refractivity contribution in [1.82, 2.24) is 4.57 Å². The highest BCUT2D eigenvalue weighted by Gasteiger charge is 2.15. The van der Waals surface area contributed by atoms with Gasteiger partial charge in [-0.25, -0.2) is 0 Å². The molecule has 112 valence electrons. The third-order valence-corrected chi connectivity index (χ3v) is 3.91. The lowest BCUT2D eigenvalue weighted by Gasteiger charge is -2.12. The third-order valence-electron chi connectivity index (χ3n) is 3.27. The zero-order valence-corrected chi connectivity index (χ0v) is 12.7. The Hall–Kier alpha value is -2.51. The first kappa shape index (κ1) is 14.4. The summed E-state index contributed by atoms with van der Waals surface area (Å²) in [6.07, 6.45) is 1.58. The second-order valence-electron chi connectivity index (χ2n) is 4.65. The Bertz CT molecular complexity index is 919. The molecule has 3 aromatic rings.